The third kappa shape index (κ3) is 5.30. The lowest BCUT2D eigenvalue weighted by atomic mass is 10.4. The van der Waals surface area contributed by atoms with Gasteiger partial charge in [0, 0.05) is 12.8 Å². The zero-order chi connectivity index (χ0) is 5.54. The Morgan fingerprint density at radius 2 is 2.29 bits per heavy atom. The van der Waals surface area contributed by atoms with E-state index < -0.39 is 0 Å². The Morgan fingerprint density at radius 3 is 2.71 bits per heavy atom. The highest BCUT2D eigenvalue weighted by molar-refractivity contribution is 5.01. The maximum atomic E-state index is 5.04. The Kier molecular flexibility index (Phi) is 4.77. The van der Waals surface area contributed by atoms with Crippen LogP contribution in [0.15, 0.2) is 6.08 Å². The van der Waals surface area contributed by atoms with E-state index in [1.807, 2.05) is 6.92 Å². The van der Waals surface area contributed by atoms with Gasteiger partial charge in [-0.05, 0) is 0 Å². The van der Waals surface area contributed by atoms with Gasteiger partial charge in [0.05, 0.1) is 0 Å². The average molecular weight is 93.1 g/mol. The van der Waals surface area contributed by atoms with E-state index >= 15 is 0 Å². The second-order valence-electron chi connectivity index (χ2n) is 1.15. The van der Waals surface area contributed by atoms with Crippen LogP contribution in [0.1, 0.15) is 19.8 Å². The van der Waals surface area contributed by atoms with Crippen molar-refractivity contribution in [2.45, 2.75) is 19.8 Å². The van der Waals surface area contributed by atoms with Gasteiger partial charge in [-0.1, -0.05) is 25.5 Å². The molecule has 0 aliphatic rings. The molecule has 0 saturated heterocycles. The maximum absolute atomic E-state index is 5.04. The Hall–Kier alpha value is -0.700. The summed E-state index contributed by atoms with van der Waals surface area (Å²) in [6, 6.07) is 0. The van der Waals surface area contributed by atoms with E-state index in [-0.39, 0.29) is 0 Å². The zero-order valence-corrected chi connectivity index (χ0v) is 4.57. The Balaban J connectivity index is 3.06. The summed E-state index contributed by atoms with van der Waals surface area (Å²) in [6.07, 6.45) is 3.20. The van der Waals surface area contributed by atoms with Crippen molar-refractivity contribution in [1.29, 1.82) is 0 Å². The van der Waals surface area contributed by atoms with Crippen molar-refractivity contribution in [2.24, 2.45) is 0 Å². The Morgan fingerprint density at radius 1 is 1.57 bits per heavy atom. The summed E-state index contributed by atoms with van der Waals surface area (Å²) in [5, 5.41) is 0. The summed E-state index contributed by atoms with van der Waals surface area (Å²) in [7, 11) is 0. The first-order chi connectivity index (χ1) is 3.41. The summed E-state index contributed by atoms with van der Waals surface area (Å²) >= 11 is 0. The highest BCUT2D eigenvalue weighted by atomic mass is 13.7. The lowest BCUT2D eigenvalue weighted by Crippen LogP contribution is -1.55. The maximum Gasteiger partial charge on any atom is 0.0272 e. The lowest BCUT2D eigenvalue weighted by Gasteiger charge is -1.68. The fourth-order valence-electron chi connectivity index (χ4n) is 0.256. The average Bonchev–Trinajstić information content (AvgIpc) is 1.69. The fourth-order valence-corrected chi connectivity index (χ4v) is 0.256. The second kappa shape index (κ2) is 5.30. The van der Waals surface area contributed by atoms with Gasteiger partial charge in [-0.25, -0.2) is 0 Å². The topological polar surface area (TPSA) is 0 Å². The molecular formula is C7H9. The van der Waals surface area contributed by atoms with Gasteiger partial charge in [0.25, 0.3) is 0 Å². The van der Waals surface area contributed by atoms with E-state index in [1.54, 1.807) is 6.08 Å². The zero-order valence-electron chi connectivity index (χ0n) is 4.57. The van der Waals surface area contributed by atoms with Crippen LogP contribution in [0.25, 0.3) is 0 Å². The van der Waals surface area contributed by atoms with Crippen LogP contribution in [-0.4, -0.2) is 0 Å². The molecule has 0 heterocycles. The standard InChI is InChI=1S/C7H9/c1-3-5-7-6-4-2/h1,3H,4-5H2,2H3. The summed E-state index contributed by atoms with van der Waals surface area (Å²) in [4.78, 5) is 0. The fraction of sp³-hybridized carbons (Fsp3) is 0.429. The third-order valence-corrected chi connectivity index (χ3v) is 0.522. The van der Waals surface area contributed by atoms with Gasteiger partial charge in [0.15, 0.2) is 0 Å². The normalized spacial score (nSPS) is 6.43. The van der Waals surface area contributed by atoms with E-state index in [4.69, 9.17) is 6.58 Å². The Bertz CT molecular complexity index is 90.3. The molecular weight excluding hydrogens is 84.1 g/mol. The number of hydrogen-bond acceptors (Lipinski definition) is 0. The first kappa shape index (κ1) is 6.30. The van der Waals surface area contributed by atoms with Crippen LogP contribution in [0, 0.1) is 18.4 Å². The predicted octanol–water partition coefficient (Wildman–Crippen LogP) is 1.78. The van der Waals surface area contributed by atoms with Gasteiger partial charge in [0.1, 0.15) is 0 Å². The van der Waals surface area contributed by atoms with Crippen LogP contribution >= 0.6 is 0 Å². The van der Waals surface area contributed by atoms with Crippen LogP contribution < -0.4 is 0 Å². The first-order valence-corrected chi connectivity index (χ1v) is 2.41. The van der Waals surface area contributed by atoms with Crippen LogP contribution in [0.4, 0.5) is 0 Å². The lowest BCUT2D eigenvalue weighted by molar-refractivity contribution is 1.27. The van der Waals surface area contributed by atoms with E-state index in [9.17, 15) is 0 Å². The molecule has 0 nitrogen and oxygen atoms in total. The minimum atomic E-state index is 0.716. The van der Waals surface area contributed by atoms with Crippen LogP contribution in [0.2, 0.25) is 0 Å². The minimum Gasteiger partial charge on any atom is -0.103 e. The summed E-state index contributed by atoms with van der Waals surface area (Å²) in [5.74, 6) is 5.74. The van der Waals surface area contributed by atoms with Crippen molar-refractivity contribution in [3.63, 3.8) is 0 Å². The van der Waals surface area contributed by atoms with Crippen LogP contribution in [0.5, 0.6) is 0 Å². The highest BCUT2D eigenvalue weighted by Gasteiger charge is 1.60. The monoisotopic (exact) mass is 93.1 g/mol. The number of rotatable bonds is 1. The number of allylic oxidation sites excluding steroid dienone is 1. The molecule has 0 unspecified atom stereocenters. The highest BCUT2D eigenvalue weighted by Crippen LogP contribution is 1.74. The van der Waals surface area contributed by atoms with E-state index in [1.165, 1.54) is 0 Å². The van der Waals surface area contributed by atoms with Crippen LogP contribution in [-0.2, 0) is 0 Å². The molecule has 0 aromatic heterocycles. The molecule has 0 N–H and O–H groups in total. The quantitative estimate of drug-likeness (QED) is 0.433. The molecule has 0 rings (SSSR count). The molecule has 0 atom stereocenters. The van der Waals surface area contributed by atoms with Crippen LogP contribution in [0.3, 0.4) is 0 Å². The third-order valence-electron chi connectivity index (χ3n) is 0.522. The molecule has 37 valence electrons. The number of hydrogen-bond donors (Lipinski definition) is 0. The van der Waals surface area contributed by atoms with E-state index in [0.717, 1.165) is 6.42 Å². The molecule has 1 radical (unpaired) electrons. The first-order valence-electron chi connectivity index (χ1n) is 2.41. The van der Waals surface area contributed by atoms with Crippen molar-refractivity contribution in [3.05, 3.63) is 12.7 Å². The minimum absolute atomic E-state index is 0.716. The van der Waals surface area contributed by atoms with Gasteiger partial charge in [-0.2, -0.15) is 0 Å². The largest absolute Gasteiger partial charge is 0.103 e. The second-order valence-corrected chi connectivity index (χ2v) is 1.15. The van der Waals surface area contributed by atoms with Gasteiger partial charge >= 0.3 is 0 Å². The molecule has 0 aliphatic heterocycles. The van der Waals surface area contributed by atoms with Gasteiger partial charge in [-0.15, -0.1) is 5.92 Å². The van der Waals surface area contributed by atoms with E-state index in [0.29, 0.717) is 6.42 Å². The molecule has 0 heteroatoms. The molecule has 7 heavy (non-hydrogen) atoms. The Labute approximate surface area is 45.2 Å². The van der Waals surface area contributed by atoms with Crippen molar-refractivity contribution < 1.29 is 0 Å². The summed E-state index contributed by atoms with van der Waals surface area (Å²) in [6.45, 7) is 7.06. The summed E-state index contributed by atoms with van der Waals surface area (Å²) in [5.41, 5.74) is 0. The van der Waals surface area contributed by atoms with Crippen molar-refractivity contribution in [2.75, 3.05) is 0 Å². The molecule has 0 saturated carbocycles. The molecule has 0 aromatic rings. The molecule has 0 spiro atoms. The SMILES string of the molecule is [CH]=CCC#CCC. The predicted molar refractivity (Wildman–Crippen MR) is 31.6 cm³/mol. The van der Waals surface area contributed by atoms with Crippen molar-refractivity contribution in [3.8, 4) is 11.8 Å². The smallest absolute Gasteiger partial charge is 0.0272 e. The molecule has 0 aliphatic carbocycles. The van der Waals surface area contributed by atoms with Gasteiger partial charge < -0.3 is 0 Å². The van der Waals surface area contributed by atoms with Gasteiger partial charge in [0.2, 0.25) is 0 Å². The molecule has 0 bridgehead atoms. The van der Waals surface area contributed by atoms with E-state index in [2.05, 4.69) is 11.8 Å². The molecule has 0 amide bonds. The summed E-state index contributed by atoms with van der Waals surface area (Å²) < 4.78 is 0. The molecule has 0 aromatic carbocycles. The van der Waals surface area contributed by atoms with Gasteiger partial charge in [-0.3, -0.25) is 0 Å². The molecule has 0 fully saturated rings. The van der Waals surface area contributed by atoms with Crippen molar-refractivity contribution in [1.82, 2.24) is 0 Å². The van der Waals surface area contributed by atoms with Crippen molar-refractivity contribution >= 4 is 0 Å².